The normalized spacial score (nSPS) is 10.3. The van der Waals surface area contributed by atoms with Crippen LogP contribution in [-0.4, -0.2) is 31.6 Å². The Balaban J connectivity index is 2.00. The van der Waals surface area contributed by atoms with E-state index in [0.717, 1.165) is 16.8 Å². The summed E-state index contributed by atoms with van der Waals surface area (Å²) in [5, 5.41) is 2.96. The van der Waals surface area contributed by atoms with Crippen LogP contribution in [0.2, 0.25) is 0 Å². The Morgan fingerprint density at radius 2 is 1.85 bits per heavy atom. The summed E-state index contributed by atoms with van der Waals surface area (Å²) in [6, 6.07) is 15.2. The van der Waals surface area contributed by atoms with Gasteiger partial charge in [-0.15, -0.1) is 0 Å². The number of likely N-dealkylation sites (N-methyl/N-ethyl adjacent to an activating group) is 1. The molecule has 5 nitrogen and oxygen atoms in total. The lowest BCUT2D eigenvalue weighted by Gasteiger charge is -2.23. The smallest absolute Gasteiger partial charge is 0.338 e. The number of rotatable bonds is 8. The van der Waals surface area contributed by atoms with E-state index < -0.39 is 0 Å². The maximum absolute atomic E-state index is 12.3. The van der Waals surface area contributed by atoms with E-state index in [0.29, 0.717) is 25.3 Å². The van der Waals surface area contributed by atoms with Crippen molar-refractivity contribution in [3.8, 4) is 0 Å². The Morgan fingerprint density at radius 1 is 1.08 bits per heavy atom. The van der Waals surface area contributed by atoms with Gasteiger partial charge < -0.3 is 15.0 Å². The van der Waals surface area contributed by atoms with Gasteiger partial charge in [-0.1, -0.05) is 30.3 Å². The highest BCUT2D eigenvalue weighted by atomic mass is 16.5. The summed E-state index contributed by atoms with van der Waals surface area (Å²) < 4.78 is 5.04. The van der Waals surface area contributed by atoms with Gasteiger partial charge in [0, 0.05) is 18.8 Å². The number of carbonyl (C=O) groups is 2. The summed E-state index contributed by atoms with van der Waals surface area (Å²) in [6.45, 7) is 7.51. The van der Waals surface area contributed by atoms with Crippen LogP contribution >= 0.6 is 0 Å². The standard InChI is InChI=1S/C21H26N2O3/c1-4-23(19-12-8-11-17(13-19)21(25)26-5-2)15-20(24)22-14-18-10-7-6-9-16(18)3/h6-13H,4-5,14-15H2,1-3H3,(H,22,24). The van der Waals surface area contributed by atoms with Gasteiger partial charge in [-0.3, -0.25) is 4.79 Å². The third kappa shape index (κ3) is 5.34. The molecule has 0 atom stereocenters. The molecule has 0 spiro atoms. The second kappa shape index (κ2) is 9.61. The van der Waals surface area contributed by atoms with Gasteiger partial charge in [0.1, 0.15) is 0 Å². The Kier molecular flexibility index (Phi) is 7.21. The van der Waals surface area contributed by atoms with E-state index in [9.17, 15) is 9.59 Å². The fraction of sp³-hybridized carbons (Fsp3) is 0.333. The molecule has 26 heavy (non-hydrogen) atoms. The van der Waals surface area contributed by atoms with Crippen LogP contribution in [0.15, 0.2) is 48.5 Å². The van der Waals surface area contributed by atoms with Gasteiger partial charge in [-0.2, -0.15) is 0 Å². The molecule has 0 aromatic heterocycles. The first-order chi connectivity index (χ1) is 12.5. The molecule has 0 aliphatic rings. The summed E-state index contributed by atoms with van der Waals surface area (Å²) in [6.07, 6.45) is 0. The number of nitrogens with zero attached hydrogens (tertiary/aromatic N) is 1. The molecule has 0 unspecified atom stereocenters. The quantitative estimate of drug-likeness (QED) is 0.739. The van der Waals surface area contributed by atoms with E-state index in [1.165, 1.54) is 0 Å². The monoisotopic (exact) mass is 354 g/mol. The number of aryl methyl sites for hydroxylation is 1. The summed E-state index contributed by atoms with van der Waals surface area (Å²) in [4.78, 5) is 26.2. The Morgan fingerprint density at radius 3 is 2.54 bits per heavy atom. The second-order valence-corrected chi connectivity index (χ2v) is 5.99. The van der Waals surface area contributed by atoms with Crippen molar-refractivity contribution < 1.29 is 14.3 Å². The van der Waals surface area contributed by atoms with E-state index in [2.05, 4.69) is 5.32 Å². The molecule has 2 aromatic rings. The number of hydrogen-bond donors (Lipinski definition) is 1. The number of ether oxygens (including phenoxy) is 1. The Hall–Kier alpha value is -2.82. The van der Waals surface area contributed by atoms with Crippen LogP contribution in [0.1, 0.15) is 35.3 Å². The molecule has 0 aliphatic carbocycles. The topological polar surface area (TPSA) is 58.6 Å². The van der Waals surface area contributed by atoms with Gasteiger partial charge in [0.2, 0.25) is 5.91 Å². The first kappa shape index (κ1) is 19.5. The molecule has 0 radical (unpaired) electrons. The van der Waals surface area contributed by atoms with Crippen LogP contribution in [0.4, 0.5) is 5.69 Å². The van der Waals surface area contributed by atoms with Crippen LogP contribution < -0.4 is 10.2 Å². The van der Waals surface area contributed by atoms with Gasteiger partial charge in [0.25, 0.3) is 0 Å². The highest BCUT2D eigenvalue weighted by molar-refractivity contribution is 5.91. The summed E-state index contributed by atoms with van der Waals surface area (Å²) in [5.74, 6) is -0.411. The molecule has 0 aliphatic heterocycles. The van der Waals surface area contributed by atoms with E-state index >= 15 is 0 Å². The molecule has 138 valence electrons. The zero-order valence-corrected chi connectivity index (χ0v) is 15.6. The molecule has 5 heteroatoms. The molecule has 0 saturated heterocycles. The number of carbonyl (C=O) groups excluding carboxylic acids is 2. The highest BCUT2D eigenvalue weighted by Gasteiger charge is 2.13. The van der Waals surface area contributed by atoms with Gasteiger partial charge >= 0.3 is 5.97 Å². The SMILES string of the molecule is CCOC(=O)c1cccc(N(CC)CC(=O)NCc2ccccc2C)c1. The van der Waals surface area contributed by atoms with Crippen molar-refractivity contribution in [2.24, 2.45) is 0 Å². The summed E-state index contributed by atoms with van der Waals surface area (Å²) >= 11 is 0. The van der Waals surface area contributed by atoms with E-state index in [-0.39, 0.29) is 18.4 Å². The van der Waals surface area contributed by atoms with Crippen LogP contribution in [0.3, 0.4) is 0 Å². The van der Waals surface area contributed by atoms with Crippen molar-refractivity contribution in [1.82, 2.24) is 5.32 Å². The van der Waals surface area contributed by atoms with E-state index in [4.69, 9.17) is 4.74 Å². The molecule has 1 amide bonds. The number of esters is 1. The molecule has 2 aromatic carbocycles. The number of nitrogens with one attached hydrogen (secondary N) is 1. The van der Waals surface area contributed by atoms with Crippen LogP contribution in [0.25, 0.3) is 0 Å². The predicted molar refractivity (Wildman–Crippen MR) is 103 cm³/mol. The first-order valence-electron chi connectivity index (χ1n) is 8.88. The minimum Gasteiger partial charge on any atom is -0.462 e. The minimum absolute atomic E-state index is 0.0587. The molecular weight excluding hydrogens is 328 g/mol. The lowest BCUT2D eigenvalue weighted by Crippen LogP contribution is -2.37. The maximum atomic E-state index is 12.3. The molecule has 2 rings (SSSR count). The van der Waals surface area contributed by atoms with Crippen molar-refractivity contribution in [2.45, 2.75) is 27.3 Å². The summed E-state index contributed by atoms with van der Waals surface area (Å²) in [7, 11) is 0. The average molecular weight is 354 g/mol. The van der Waals surface area contributed by atoms with Crippen molar-refractivity contribution in [1.29, 1.82) is 0 Å². The number of anilines is 1. The van der Waals surface area contributed by atoms with Crippen molar-refractivity contribution in [3.05, 3.63) is 65.2 Å². The number of amides is 1. The van der Waals surface area contributed by atoms with Crippen molar-refractivity contribution in [3.63, 3.8) is 0 Å². The predicted octanol–water partition coefficient (Wildman–Crippen LogP) is 3.31. The van der Waals surface area contributed by atoms with Crippen LogP contribution in [0, 0.1) is 6.92 Å². The fourth-order valence-electron chi connectivity index (χ4n) is 2.66. The third-order valence-corrected chi connectivity index (χ3v) is 4.18. The molecule has 1 N–H and O–H groups in total. The zero-order chi connectivity index (χ0) is 18.9. The summed E-state index contributed by atoms with van der Waals surface area (Å²) in [5.41, 5.74) is 3.57. The Bertz CT molecular complexity index is 758. The van der Waals surface area contributed by atoms with E-state index in [1.54, 1.807) is 25.1 Å². The highest BCUT2D eigenvalue weighted by Crippen LogP contribution is 2.17. The fourth-order valence-corrected chi connectivity index (χ4v) is 2.66. The Labute approximate surface area is 155 Å². The third-order valence-electron chi connectivity index (χ3n) is 4.18. The molecule has 0 saturated carbocycles. The average Bonchev–Trinajstić information content (AvgIpc) is 2.65. The first-order valence-corrected chi connectivity index (χ1v) is 8.88. The van der Waals surface area contributed by atoms with Crippen LogP contribution in [-0.2, 0) is 16.1 Å². The lowest BCUT2D eigenvalue weighted by atomic mass is 10.1. The zero-order valence-electron chi connectivity index (χ0n) is 15.6. The van der Waals surface area contributed by atoms with Crippen LogP contribution in [0.5, 0.6) is 0 Å². The van der Waals surface area contributed by atoms with E-state index in [1.807, 2.05) is 49.1 Å². The maximum Gasteiger partial charge on any atom is 0.338 e. The molecule has 0 fully saturated rings. The van der Waals surface area contributed by atoms with Crippen molar-refractivity contribution >= 4 is 17.6 Å². The van der Waals surface area contributed by atoms with Gasteiger partial charge in [-0.25, -0.2) is 4.79 Å². The largest absolute Gasteiger partial charge is 0.462 e. The minimum atomic E-state index is -0.352. The molecule has 0 heterocycles. The van der Waals surface area contributed by atoms with Crippen molar-refractivity contribution in [2.75, 3.05) is 24.6 Å². The molecular formula is C21H26N2O3. The van der Waals surface area contributed by atoms with Gasteiger partial charge in [-0.05, 0) is 50.1 Å². The lowest BCUT2D eigenvalue weighted by molar-refractivity contribution is -0.119. The molecule has 0 bridgehead atoms. The number of hydrogen-bond acceptors (Lipinski definition) is 4. The van der Waals surface area contributed by atoms with Gasteiger partial charge in [0.05, 0.1) is 18.7 Å². The number of benzene rings is 2. The second-order valence-electron chi connectivity index (χ2n) is 5.99. The van der Waals surface area contributed by atoms with Gasteiger partial charge in [0.15, 0.2) is 0 Å².